The third-order valence-electron chi connectivity index (χ3n) is 5.19. The number of nitro groups is 1. The first kappa shape index (κ1) is 19.2. The molecule has 5 nitrogen and oxygen atoms in total. The molecule has 0 radical (unpaired) electrons. The van der Waals surface area contributed by atoms with Gasteiger partial charge in [0.15, 0.2) is 0 Å². The molecule has 0 atom stereocenters. The molecule has 0 unspecified atom stereocenters. The molecule has 4 rings (SSSR count). The molecule has 0 aliphatic carbocycles. The van der Waals surface area contributed by atoms with Gasteiger partial charge in [-0.2, -0.15) is 5.26 Å². The van der Waals surface area contributed by atoms with Crippen LogP contribution in [0.3, 0.4) is 0 Å². The zero-order valence-corrected chi connectivity index (χ0v) is 16.5. The van der Waals surface area contributed by atoms with Gasteiger partial charge in [0.2, 0.25) is 0 Å². The molecule has 0 aliphatic heterocycles. The SMILES string of the molecule is Cc1cc(-c2ccc(/C=C(\C#N)c3cccc4ccccc34)o2)c([N+](=O)[O-])cc1C. The van der Waals surface area contributed by atoms with Crippen LogP contribution in [-0.2, 0) is 0 Å². The second kappa shape index (κ2) is 7.69. The number of benzene rings is 3. The average molecular weight is 394 g/mol. The van der Waals surface area contributed by atoms with Crippen LogP contribution in [0.25, 0.3) is 33.7 Å². The van der Waals surface area contributed by atoms with E-state index in [1.54, 1.807) is 30.3 Å². The van der Waals surface area contributed by atoms with Crippen molar-refractivity contribution in [3.05, 3.63) is 99.3 Å². The maximum absolute atomic E-state index is 11.5. The fraction of sp³-hybridized carbons (Fsp3) is 0.0800. The van der Waals surface area contributed by atoms with Crippen LogP contribution in [0, 0.1) is 35.3 Å². The molecule has 0 fully saturated rings. The lowest BCUT2D eigenvalue weighted by Gasteiger charge is -2.05. The van der Waals surface area contributed by atoms with Gasteiger partial charge in [0, 0.05) is 11.6 Å². The lowest BCUT2D eigenvalue weighted by molar-refractivity contribution is -0.384. The number of rotatable bonds is 4. The molecular formula is C25H18N2O3. The minimum Gasteiger partial charge on any atom is -0.456 e. The number of hydrogen-bond acceptors (Lipinski definition) is 4. The van der Waals surface area contributed by atoms with Crippen molar-refractivity contribution >= 4 is 28.1 Å². The fourth-order valence-corrected chi connectivity index (χ4v) is 3.50. The lowest BCUT2D eigenvalue weighted by Crippen LogP contribution is -1.94. The van der Waals surface area contributed by atoms with Gasteiger partial charge in [-0.3, -0.25) is 10.1 Å². The summed E-state index contributed by atoms with van der Waals surface area (Å²) in [6.45, 7) is 3.74. The first-order chi connectivity index (χ1) is 14.5. The maximum Gasteiger partial charge on any atom is 0.280 e. The van der Waals surface area contributed by atoms with Crippen LogP contribution < -0.4 is 0 Å². The smallest absolute Gasteiger partial charge is 0.280 e. The van der Waals surface area contributed by atoms with Crippen molar-refractivity contribution in [1.82, 2.24) is 0 Å². The molecule has 30 heavy (non-hydrogen) atoms. The Kier molecular flexibility index (Phi) is 4.91. The van der Waals surface area contributed by atoms with E-state index >= 15 is 0 Å². The van der Waals surface area contributed by atoms with Gasteiger partial charge in [0.25, 0.3) is 5.69 Å². The lowest BCUT2D eigenvalue weighted by atomic mass is 9.98. The molecule has 1 aromatic heterocycles. The molecule has 3 aromatic carbocycles. The second-order valence-electron chi connectivity index (χ2n) is 7.11. The summed E-state index contributed by atoms with van der Waals surface area (Å²) >= 11 is 0. The van der Waals surface area contributed by atoms with Crippen LogP contribution in [0.2, 0.25) is 0 Å². The molecule has 1 heterocycles. The van der Waals surface area contributed by atoms with E-state index in [0.717, 1.165) is 27.5 Å². The standard InChI is InChI=1S/C25H18N2O3/c1-16-12-23(24(27(28)29)13-17(16)2)25-11-10-20(30-25)14-19(15-26)22-9-5-7-18-6-3-4-8-21(18)22/h3-14H,1-2H3/b19-14+. The van der Waals surface area contributed by atoms with E-state index in [0.29, 0.717) is 22.7 Å². The van der Waals surface area contributed by atoms with Crippen molar-refractivity contribution < 1.29 is 9.34 Å². The van der Waals surface area contributed by atoms with E-state index in [2.05, 4.69) is 6.07 Å². The van der Waals surface area contributed by atoms with Gasteiger partial charge in [0.05, 0.1) is 22.1 Å². The summed E-state index contributed by atoms with van der Waals surface area (Å²) in [6.07, 6.45) is 1.66. The van der Waals surface area contributed by atoms with Crippen molar-refractivity contribution in [2.45, 2.75) is 13.8 Å². The van der Waals surface area contributed by atoms with E-state index < -0.39 is 4.92 Å². The number of nitriles is 1. The number of allylic oxidation sites excluding steroid dienone is 1. The predicted octanol–water partition coefficient (Wildman–Crippen LogP) is 6.69. The Labute approximate surface area is 173 Å². The fourth-order valence-electron chi connectivity index (χ4n) is 3.50. The molecular weight excluding hydrogens is 376 g/mol. The normalized spacial score (nSPS) is 11.4. The molecule has 0 aliphatic rings. The quantitative estimate of drug-likeness (QED) is 0.219. The van der Waals surface area contributed by atoms with Crippen LogP contribution in [0.4, 0.5) is 5.69 Å². The number of fused-ring (bicyclic) bond motifs is 1. The number of hydrogen-bond donors (Lipinski definition) is 0. The number of nitrogens with zero attached hydrogens (tertiary/aromatic N) is 2. The molecule has 0 saturated carbocycles. The van der Waals surface area contributed by atoms with Crippen molar-refractivity contribution in [3.63, 3.8) is 0 Å². The summed E-state index contributed by atoms with van der Waals surface area (Å²) in [4.78, 5) is 11.1. The average Bonchev–Trinajstić information content (AvgIpc) is 3.21. The van der Waals surface area contributed by atoms with Crippen LogP contribution in [0.15, 0.2) is 71.1 Å². The highest BCUT2D eigenvalue weighted by Gasteiger charge is 2.19. The Balaban J connectivity index is 1.79. The molecule has 0 bridgehead atoms. The van der Waals surface area contributed by atoms with Gasteiger partial charge in [-0.25, -0.2) is 0 Å². The molecule has 0 saturated heterocycles. The summed E-state index contributed by atoms with van der Waals surface area (Å²) in [6, 6.07) is 22.6. The molecule has 146 valence electrons. The highest BCUT2D eigenvalue weighted by molar-refractivity contribution is 6.01. The van der Waals surface area contributed by atoms with Gasteiger partial charge in [-0.1, -0.05) is 42.5 Å². The van der Waals surface area contributed by atoms with E-state index in [1.807, 2.05) is 56.3 Å². The Morgan fingerprint density at radius 2 is 1.77 bits per heavy atom. The van der Waals surface area contributed by atoms with Gasteiger partial charge in [-0.15, -0.1) is 0 Å². The molecule has 5 heteroatoms. The summed E-state index contributed by atoms with van der Waals surface area (Å²) in [5.74, 6) is 0.855. The molecule has 0 amide bonds. The van der Waals surface area contributed by atoms with Crippen LogP contribution in [-0.4, -0.2) is 4.92 Å². The summed E-state index contributed by atoms with van der Waals surface area (Å²) < 4.78 is 5.89. The highest BCUT2D eigenvalue weighted by Crippen LogP contribution is 2.34. The summed E-state index contributed by atoms with van der Waals surface area (Å²) in [7, 11) is 0. The van der Waals surface area contributed by atoms with Crippen molar-refractivity contribution in [2.75, 3.05) is 0 Å². The molecule has 4 aromatic rings. The number of furan rings is 1. The zero-order valence-electron chi connectivity index (χ0n) is 16.5. The van der Waals surface area contributed by atoms with Gasteiger partial charge in [-0.05, 0) is 60.0 Å². The first-order valence-corrected chi connectivity index (χ1v) is 9.43. The van der Waals surface area contributed by atoms with Gasteiger partial charge < -0.3 is 4.42 Å². The largest absolute Gasteiger partial charge is 0.456 e. The number of nitro benzene ring substituents is 1. The predicted molar refractivity (Wildman–Crippen MR) is 118 cm³/mol. The monoisotopic (exact) mass is 394 g/mol. The Hall–Kier alpha value is -4.17. The van der Waals surface area contributed by atoms with Crippen molar-refractivity contribution in [2.24, 2.45) is 0 Å². The number of aryl methyl sites for hydroxylation is 2. The second-order valence-corrected chi connectivity index (χ2v) is 7.11. The minimum absolute atomic E-state index is 0.00228. The zero-order chi connectivity index (χ0) is 21.3. The van der Waals surface area contributed by atoms with Crippen LogP contribution >= 0.6 is 0 Å². The van der Waals surface area contributed by atoms with Crippen molar-refractivity contribution in [3.8, 4) is 17.4 Å². The Morgan fingerprint density at radius 1 is 1.03 bits per heavy atom. The van der Waals surface area contributed by atoms with E-state index in [4.69, 9.17) is 4.42 Å². The van der Waals surface area contributed by atoms with E-state index in [9.17, 15) is 15.4 Å². The van der Waals surface area contributed by atoms with E-state index in [1.165, 1.54) is 0 Å². The van der Waals surface area contributed by atoms with Gasteiger partial charge >= 0.3 is 0 Å². The Morgan fingerprint density at radius 3 is 2.53 bits per heavy atom. The highest BCUT2D eigenvalue weighted by atomic mass is 16.6. The Bertz CT molecular complexity index is 1350. The summed E-state index contributed by atoms with van der Waals surface area (Å²) in [5.41, 5.74) is 3.48. The van der Waals surface area contributed by atoms with Gasteiger partial charge in [0.1, 0.15) is 11.5 Å². The molecule has 0 N–H and O–H groups in total. The third-order valence-corrected chi connectivity index (χ3v) is 5.19. The summed E-state index contributed by atoms with van der Waals surface area (Å²) in [5, 5.41) is 23.3. The first-order valence-electron chi connectivity index (χ1n) is 9.43. The molecule has 0 spiro atoms. The van der Waals surface area contributed by atoms with Crippen LogP contribution in [0.5, 0.6) is 0 Å². The topological polar surface area (TPSA) is 80.1 Å². The van der Waals surface area contributed by atoms with Crippen LogP contribution in [0.1, 0.15) is 22.5 Å². The van der Waals surface area contributed by atoms with E-state index in [-0.39, 0.29) is 5.69 Å². The van der Waals surface area contributed by atoms with Crippen molar-refractivity contribution in [1.29, 1.82) is 5.26 Å². The minimum atomic E-state index is -0.406. The maximum atomic E-state index is 11.5. The third kappa shape index (κ3) is 3.47.